The van der Waals surface area contributed by atoms with Crippen molar-refractivity contribution >= 4 is 16.9 Å². The molecule has 0 bridgehead atoms. The van der Waals surface area contributed by atoms with Gasteiger partial charge in [0.1, 0.15) is 18.1 Å². The Labute approximate surface area is 198 Å². The maximum absolute atomic E-state index is 10.8. The van der Waals surface area contributed by atoms with Gasteiger partial charge < -0.3 is 24.1 Å². The first-order valence-electron chi connectivity index (χ1n) is 12.0. The fraction of sp³-hybridized carbons (Fsp3) is 0.720. The van der Waals surface area contributed by atoms with Crippen molar-refractivity contribution in [3.05, 3.63) is 24.3 Å². The van der Waals surface area contributed by atoms with Crippen molar-refractivity contribution in [1.82, 2.24) is 0 Å². The molecule has 6 nitrogen and oxygen atoms in total. The van der Waals surface area contributed by atoms with Crippen molar-refractivity contribution < 1.29 is 28.8 Å². The molecule has 0 aliphatic rings. The topological polar surface area (TPSA) is 74.2 Å². The van der Waals surface area contributed by atoms with Gasteiger partial charge in [0, 0.05) is 19.3 Å². The molecule has 0 saturated heterocycles. The van der Waals surface area contributed by atoms with Gasteiger partial charge in [-0.3, -0.25) is 4.79 Å². The van der Waals surface area contributed by atoms with Crippen molar-refractivity contribution in [1.29, 1.82) is 0 Å². The van der Waals surface area contributed by atoms with Crippen LogP contribution >= 0.6 is 11.8 Å². The second kappa shape index (κ2) is 21.6. The zero-order valence-electron chi connectivity index (χ0n) is 19.7. The number of hydrogen-bond donors (Lipinski definition) is 1. The standard InChI is InChI=1S/C25H42O6S/c1-23(26)32-22-10-8-6-4-2-3-5-7-9-15-28-16-17-29-18-19-30-20-21-31-25-13-11-24(27)12-14-25/h11-14,27H,2-10,15-22H2,1H3. The van der Waals surface area contributed by atoms with E-state index in [0.29, 0.717) is 45.4 Å². The van der Waals surface area contributed by atoms with Crippen molar-refractivity contribution in [2.24, 2.45) is 0 Å². The van der Waals surface area contributed by atoms with E-state index in [1.54, 1.807) is 31.2 Å². The van der Waals surface area contributed by atoms with E-state index in [1.165, 1.54) is 56.7 Å². The molecule has 7 heteroatoms. The molecule has 184 valence electrons. The number of phenols is 1. The van der Waals surface area contributed by atoms with Crippen LogP contribution in [-0.2, 0) is 19.0 Å². The molecule has 0 radical (unpaired) electrons. The molecule has 0 heterocycles. The molecular formula is C25H42O6S. The molecule has 0 saturated carbocycles. The summed E-state index contributed by atoms with van der Waals surface area (Å²) < 4.78 is 22.1. The Hall–Kier alpha value is -1.28. The van der Waals surface area contributed by atoms with Crippen LogP contribution in [0.4, 0.5) is 0 Å². The van der Waals surface area contributed by atoms with Gasteiger partial charge in [0.15, 0.2) is 5.12 Å². The average molecular weight is 471 g/mol. The minimum atomic E-state index is 0.227. The van der Waals surface area contributed by atoms with E-state index in [-0.39, 0.29) is 10.9 Å². The summed E-state index contributed by atoms with van der Waals surface area (Å²) in [6.45, 7) is 5.74. The number of carbonyl (C=O) groups excluding carboxylic acids is 1. The summed E-state index contributed by atoms with van der Waals surface area (Å²) in [4.78, 5) is 10.8. The summed E-state index contributed by atoms with van der Waals surface area (Å²) >= 11 is 1.45. The molecule has 0 fully saturated rings. The molecule has 0 aliphatic heterocycles. The molecule has 1 aromatic rings. The summed E-state index contributed by atoms with van der Waals surface area (Å²) in [7, 11) is 0. The van der Waals surface area contributed by atoms with Gasteiger partial charge in [-0.05, 0) is 37.1 Å². The fourth-order valence-corrected chi connectivity index (χ4v) is 3.70. The third kappa shape index (κ3) is 19.4. The van der Waals surface area contributed by atoms with Crippen LogP contribution in [0, 0.1) is 0 Å². The lowest BCUT2D eigenvalue weighted by Crippen LogP contribution is -2.12. The Balaban J connectivity index is 1.68. The van der Waals surface area contributed by atoms with Gasteiger partial charge in [0.05, 0.1) is 33.0 Å². The van der Waals surface area contributed by atoms with E-state index in [0.717, 1.165) is 25.2 Å². The van der Waals surface area contributed by atoms with E-state index in [1.807, 2.05) is 0 Å². The number of carbonyl (C=O) groups is 1. The van der Waals surface area contributed by atoms with Crippen LogP contribution in [0.15, 0.2) is 24.3 Å². The fourth-order valence-electron chi connectivity index (χ4n) is 3.06. The van der Waals surface area contributed by atoms with E-state index < -0.39 is 0 Å². The summed E-state index contributed by atoms with van der Waals surface area (Å²) in [6.07, 6.45) is 11.3. The van der Waals surface area contributed by atoms with Gasteiger partial charge in [0.2, 0.25) is 0 Å². The number of unbranched alkanes of at least 4 members (excludes halogenated alkanes) is 8. The van der Waals surface area contributed by atoms with Crippen LogP contribution in [0.1, 0.15) is 64.7 Å². The third-order valence-corrected chi connectivity index (χ3v) is 5.71. The molecule has 0 aliphatic carbocycles. The lowest BCUT2D eigenvalue weighted by atomic mass is 10.1. The summed E-state index contributed by atoms with van der Waals surface area (Å²) in [5, 5.41) is 9.44. The molecular weight excluding hydrogens is 428 g/mol. The second-order valence-electron chi connectivity index (χ2n) is 7.70. The number of phenolic OH excluding ortho intramolecular Hbond substituents is 1. The van der Waals surface area contributed by atoms with Crippen LogP contribution in [-0.4, -0.2) is 62.2 Å². The molecule has 1 aromatic carbocycles. The first-order chi connectivity index (χ1) is 15.7. The quantitative estimate of drug-likeness (QED) is 0.221. The summed E-state index contributed by atoms with van der Waals surface area (Å²) in [5.41, 5.74) is 0. The molecule has 1 N–H and O–H groups in total. The van der Waals surface area contributed by atoms with Crippen LogP contribution in [0.2, 0.25) is 0 Å². The highest BCUT2D eigenvalue weighted by Crippen LogP contribution is 2.15. The molecule has 0 amide bonds. The highest BCUT2D eigenvalue weighted by molar-refractivity contribution is 8.13. The van der Waals surface area contributed by atoms with Gasteiger partial charge in [-0.25, -0.2) is 0 Å². The average Bonchev–Trinajstić information content (AvgIpc) is 2.78. The Morgan fingerprint density at radius 3 is 1.72 bits per heavy atom. The third-order valence-electron chi connectivity index (χ3n) is 4.82. The minimum Gasteiger partial charge on any atom is -0.508 e. The normalized spacial score (nSPS) is 11.0. The zero-order chi connectivity index (χ0) is 23.1. The van der Waals surface area contributed by atoms with Crippen LogP contribution in [0.3, 0.4) is 0 Å². The van der Waals surface area contributed by atoms with E-state index in [4.69, 9.17) is 18.9 Å². The maximum Gasteiger partial charge on any atom is 0.185 e. The minimum absolute atomic E-state index is 0.227. The lowest BCUT2D eigenvalue weighted by molar-refractivity contribution is -0.109. The highest BCUT2D eigenvalue weighted by Gasteiger charge is 1.97. The molecule has 1 rings (SSSR count). The van der Waals surface area contributed by atoms with Crippen molar-refractivity contribution in [2.75, 3.05) is 52.0 Å². The first-order valence-corrected chi connectivity index (χ1v) is 13.0. The molecule has 32 heavy (non-hydrogen) atoms. The van der Waals surface area contributed by atoms with E-state index in [9.17, 15) is 9.90 Å². The zero-order valence-corrected chi connectivity index (χ0v) is 20.5. The number of hydrogen-bond acceptors (Lipinski definition) is 7. The van der Waals surface area contributed by atoms with Gasteiger partial charge in [-0.2, -0.15) is 0 Å². The monoisotopic (exact) mass is 470 g/mol. The Kier molecular flexibility index (Phi) is 19.4. The van der Waals surface area contributed by atoms with Crippen molar-refractivity contribution in [3.63, 3.8) is 0 Å². The van der Waals surface area contributed by atoms with E-state index in [2.05, 4.69) is 0 Å². The molecule has 0 atom stereocenters. The van der Waals surface area contributed by atoms with E-state index >= 15 is 0 Å². The SMILES string of the molecule is CC(=O)SCCCCCCCCCCCOCCOCCOCCOc1ccc(O)cc1. The molecule has 0 aromatic heterocycles. The Morgan fingerprint density at radius 2 is 1.16 bits per heavy atom. The van der Waals surface area contributed by atoms with Crippen LogP contribution < -0.4 is 4.74 Å². The second-order valence-corrected chi connectivity index (χ2v) is 8.97. The van der Waals surface area contributed by atoms with Crippen LogP contribution in [0.25, 0.3) is 0 Å². The van der Waals surface area contributed by atoms with Gasteiger partial charge in [-0.15, -0.1) is 0 Å². The number of rotatable bonds is 22. The summed E-state index contributed by atoms with van der Waals surface area (Å²) in [6, 6.07) is 6.63. The van der Waals surface area contributed by atoms with Crippen LogP contribution in [0.5, 0.6) is 11.5 Å². The van der Waals surface area contributed by atoms with Gasteiger partial charge in [0.25, 0.3) is 0 Å². The highest BCUT2D eigenvalue weighted by atomic mass is 32.2. The largest absolute Gasteiger partial charge is 0.508 e. The maximum atomic E-state index is 10.8. The summed E-state index contributed by atoms with van der Waals surface area (Å²) in [5.74, 6) is 1.92. The predicted octanol–water partition coefficient (Wildman–Crippen LogP) is 5.61. The Bertz CT molecular complexity index is 552. The Morgan fingerprint density at radius 1 is 0.688 bits per heavy atom. The van der Waals surface area contributed by atoms with Crippen molar-refractivity contribution in [3.8, 4) is 11.5 Å². The molecule has 0 unspecified atom stereocenters. The number of thioether (sulfide) groups is 1. The predicted molar refractivity (Wildman–Crippen MR) is 131 cm³/mol. The lowest BCUT2D eigenvalue weighted by Gasteiger charge is -2.08. The van der Waals surface area contributed by atoms with Gasteiger partial charge in [-0.1, -0.05) is 56.7 Å². The number of ether oxygens (including phenoxy) is 4. The smallest absolute Gasteiger partial charge is 0.185 e. The first kappa shape index (κ1) is 28.8. The number of aromatic hydroxyl groups is 1. The molecule has 0 spiro atoms. The van der Waals surface area contributed by atoms with Gasteiger partial charge >= 0.3 is 0 Å². The van der Waals surface area contributed by atoms with Crippen molar-refractivity contribution in [2.45, 2.75) is 64.7 Å². The number of benzene rings is 1.